The minimum Gasteiger partial charge on any atom is -0.396 e. The van der Waals surface area contributed by atoms with Gasteiger partial charge in [0.05, 0.1) is 24.3 Å². The third-order valence-electron chi connectivity index (χ3n) is 5.96. The Bertz CT molecular complexity index is 1020. The molecular weight excluding hydrogens is 488 g/mol. The van der Waals surface area contributed by atoms with Gasteiger partial charge in [0.1, 0.15) is 17.2 Å². The van der Waals surface area contributed by atoms with E-state index in [2.05, 4.69) is 24.9 Å². The number of methoxy groups -OCH3 is 3. The number of hydrogen-bond acceptors (Lipinski definition) is 10. The smallest absolute Gasteiger partial charge is 0.240 e. The number of aliphatic hydroxyl groups is 1. The molecule has 1 aliphatic rings. The Morgan fingerprint density at radius 1 is 1.18 bits per heavy atom. The van der Waals surface area contributed by atoms with E-state index in [0.717, 1.165) is 12.8 Å². The van der Waals surface area contributed by atoms with Crippen LogP contribution in [0, 0.1) is 5.92 Å². The lowest BCUT2D eigenvalue weighted by Crippen LogP contribution is -2.35. The second-order valence-corrected chi connectivity index (χ2v) is 10.8. The van der Waals surface area contributed by atoms with E-state index in [0.29, 0.717) is 10.8 Å². The van der Waals surface area contributed by atoms with E-state index in [1.807, 2.05) is 0 Å². The van der Waals surface area contributed by atoms with E-state index in [-0.39, 0.29) is 49.5 Å². The fraction of sp³-hybridized carbons (Fsp3) is 0.700. The summed E-state index contributed by atoms with van der Waals surface area (Å²) in [6.07, 6.45) is 3.29. The molecule has 3 rings (SSSR count). The maximum atomic E-state index is 13.3. The van der Waals surface area contributed by atoms with E-state index < -0.39 is 21.4 Å². The average Bonchev–Trinajstić information content (AvgIpc) is 3.16. The molecule has 0 aromatic carbocycles. The van der Waals surface area contributed by atoms with Crippen molar-refractivity contribution in [2.24, 2.45) is 5.92 Å². The number of rotatable bonds is 13. The Balaban J connectivity index is 1.91. The van der Waals surface area contributed by atoms with Gasteiger partial charge in [-0.1, -0.05) is 11.6 Å². The number of aromatic nitrogens is 5. The lowest BCUT2D eigenvalue weighted by molar-refractivity contribution is 0.0841. The van der Waals surface area contributed by atoms with Crippen molar-refractivity contribution >= 4 is 27.6 Å². The van der Waals surface area contributed by atoms with Crippen molar-refractivity contribution in [2.45, 2.75) is 43.1 Å². The van der Waals surface area contributed by atoms with Crippen LogP contribution < -0.4 is 4.72 Å². The van der Waals surface area contributed by atoms with Gasteiger partial charge in [-0.15, -0.1) is 10.2 Å². The van der Waals surface area contributed by atoms with Crippen LogP contribution in [-0.2, 0) is 24.2 Å². The second-order valence-electron chi connectivity index (χ2n) is 8.30. The molecule has 1 saturated carbocycles. The first-order valence-corrected chi connectivity index (χ1v) is 12.7. The minimum absolute atomic E-state index is 0.0470. The number of hydrogen-bond donors (Lipinski definition) is 2. The predicted octanol–water partition coefficient (Wildman–Crippen LogP) is 1.56. The molecule has 2 heterocycles. The van der Waals surface area contributed by atoms with Crippen molar-refractivity contribution in [1.82, 2.24) is 24.7 Å². The average molecular weight is 519 g/mol. The molecule has 0 saturated heterocycles. The van der Waals surface area contributed by atoms with Crippen LogP contribution in [0.4, 0.5) is 5.95 Å². The molecular formula is C20H31ClN6O6S. The standard InChI is InChI=1S/C20H31ClN6O6S/c1-12(17(33-4)18-22-7-15(21)8-23-18)34(29,30)26-20-25-24-19(14-5-13(6-14)9-28)27(20)16(10-31-2)11-32-3/h7-8,12-14,16-17,28H,5-6,9-11H2,1-4H3,(H,25,26)/t12?,13-,14-,17?. The van der Waals surface area contributed by atoms with Crippen LogP contribution in [0.2, 0.25) is 5.02 Å². The summed E-state index contributed by atoms with van der Waals surface area (Å²) in [5, 5.41) is 17.1. The largest absolute Gasteiger partial charge is 0.396 e. The van der Waals surface area contributed by atoms with Crippen LogP contribution in [0.15, 0.2) is 12.4 Å². The third kappa shape index (κ3) is 5.83. The molecule has 0 aliphatic heterocycles. The lowest BCUT2D eigenvalue weighted by atomic mass is 9.75. The molecule has 1 fully saturated rings. The maximum absolute atomic E-state index is 13.3. The first kappa shape index (κ1) is 26.7. The zero-order chi connectivity index (χ0) is 24.9. The van der Waals surface area contributed by atoms with E-state index in [4.69, 9.17) is 25.8 Å². The summed E-state index contributed by atoms with van der Waals surface area (Å²) in [7, 11) is 0.476. The first-order chi connectivity index (χ1) is 16.2. The molecule has 2 atom stereocenters. The number of nitrogens with one attached hydrogen (secondary N) is 1. The molecule has 2 aromatic rings. The highest BCUT2D eigenvalue weighted by atomic mass is 35.5. The molecule has 2 aromatic heterocycles. The fourth-order valence-corrected chi connectivity index (χ4v) is 5.28. The molecule has 34 heavy (non-hydrogen) atoms. The Morgan fingerprint density at radius 2 is 1.79 bits per heavy atom. The zero-order valence-electron chi connectivity index (χ0n) is 19.6. The zero-order valence-corrected chi connectivity index (χ0v) is 21.2. The van der Waals surface area contributed by atoms with Crippen molar-refractivity contribution < 1.29 is 27.7 Å². The summed E-state index contributed by atoms with van der Waals surface area (Å²) < 4.78 is 47.1. The van der Waals surface area contributed by atoms with Gasteiger partial charge in [-0.3, -0.25) is 9.29 Å². The first-order valence-electron chi connectivity index (χ1n) is 10.8. The highest BCUT2D eigenvalue weighted by molar-refractivity contribution is 7.93. The van der Waals surface area contributed by atoms with Gasteiger partial charge in [0.15, 0.2) is 5.82 Å². The Morgan fingerprint density at radius 3 is 2.32 bits per heavy atom. The van der Waals surface area contributed by atoms with E-state index in [1.54, 1.807) is 18.8 Å². The van der Waals surface area contributed by atoms with Crippen molar-refractivity contribution in [1.29, 1.82) is 0 Å². The Hall–Kier alpha value is -1.90. The number of nitrogens with zero attached hydrogens (tertiary/aromatic N) is 5. The van der Waals surface area contributed by atoms with Gasteiger partial charge < -0.3 is 19.3 Å². The molecule has 0 amide bonds. The van der Waals surface area contributed by atoms with Crippen LogP contribution in [0.25, 0.3) is 0 Å². The second kappa shape index (κ2) is 11.7. The summed E-state index contributed by atoms with van der Waals surface area (Å²) in [5.74, 6) is 1.11. The number of ether oxygens (including phenoxy) is 3. The summed E-state index contributed by atoms with van der Waals surface area (Å²) in [5.41, 5.74) is 0. The number of halogens is 1. The van der Waals surface area contributed by atoms with Crippen LogP contribution in [0.1, 0.15) is 49.5 Å². The molecule has 190 valence electrons. The van der Waals surface area contributed by atoms with Crippen molar-refractivity contribution in [3.05, 3.63) is 29.1 Å². The summed E-state index contributed by atoms with van der Waals surface area (Å²) >= 11 is 5.85. The molecule has 0 spiro atoms. The van der Waals surface area contributed by atoms with Gasteiger partial charge in [0, 0.05) is 46.2 Å². The predicted molar refractivity (Wildman–Crippen MR) is 124 cm³/mol. The summed E-state index contributed by atoms with van der Waals surface area (Å²) in [4.78, 5) is 8.20. The molecule has 12 nitrogen and oxygen atoms in total. The van der Waals surface area contributed by atoms with Gasteiger partial charge in [-0.25, -0.2) is 18.4 Å². The number of aliphatic hydroxyl groups excluding tert-OH is 1. The van der Waals surface area contributed by atoms with Crippen LogP contribution in [0.3, 0.4) is 0 Å². The Kier molecular flexibility index (Phi) is 9.18. The lowest BCUT2D eigenvalue weighted by Gasteiger charge is -2.34. The molecule has 2 unspecified atom stereocenters. The Labute approximate surface area is 204 Å². The van der Waals surface area contributed by atoms with Gasteiger partial charge in [-0.2, -0.15) is 0 Å². The van der Waals surface area contributed by atoms with E-state index in [9.17, 15) is 13.5 Å². The molecule has 0 bridgehead atoms. The van der Waals surface area contributed by atoms with Crippen molar-refractivity contribution in [3.63, 3.8) is 0 Å². The van der Waals surface area contributed by atoms with Crippen molar-refractivity contribution in [2.75, 3.05) is 45.9 Å². The van der Waals surface area contributed by atoms with Crippen molar-refractivity contribution in [3.8, 4) is 0 Å². The van der Waals surface area contributed by atoms with E-state index >= 15 is 0 Å². The molecule has 0 radical (unpaired) electrons. The minimum atomic E-state index is -4.02. The topological polar surface area (TPSA) is 151 Å². The van der Waals surface area contributed by atoms with Crippen LogP contribution >= 0.6 is 11.6 Å². The number of sulfonamides is 1. The third-order valence-corrected chi connectivity index (χ3v) is 7.85. The molecule has 2 N–H and O–H groups in total. The van der Waals surface area contributed by atoms with Gasteiger partial charge in [-0.05, 0) is 25.7 Å². The van der Waals surface area contributed by atoms with Gasteiger partial charge in [0.25, 0.3) is 0 Å². The summed E-state index contributed by atoms with van der Waals surface area (Å²) in [6, 6.07) is -0.362. The van der Waals surface area contributed by atoms with Crippen LogP contribution in [0.5, 0.6) is 0 Å². The summed E-state index contributed by atoms with van der Waals surface area (Å²) in [6.45, 7) is 2.12. The highest BCUT2D eigenvalue weighted by Gasteiger charge is 2.38. The van der Waals surface area contributed by atoms with Gasteiger partial charge in [0.2, 0.25) is 16.0 Å². The SMILES string of the molecule is COCC(COC)n1c(NS(=O)(=O)C(C)C(OC)c2ncc(Cl)cn2)nnc1[C@H]1C[C@H](CO)C1. The quantitative estimate of drug-likeness (QED) is 0.399. The molecule has 14 heteroatoms. The highest BCUT2D eigenvalue weighted by Crippen LogP contribution is 2.42. The fourth-order valence-electron chi connectivity index (χ4n) is 4.05. The van der Waals surface area contributed by atoms with Gasteiger partial charge >= 0.3 is 0 Å². The monoisotopic (exact) mass is 518 g/mol. The van der Waals surface area contributed by atoms with Crippen LogP contribution in [-0.4, -0.2) is 84.7 Å². The normalized spacial score (nSPS) is 20.2. The van der Waals surface area contributed by atoms with E-state index in [1.165, 1.54) is 26.4 Å². The number of anilines is 1. The maximum Gasteiger partial charge on any atom is 0.240 e. The molecule has 1 aliphatic carbocycles.